The predicted molar refractivity (Wildman–Crippen MR) is 71.3 cm³/mol. The van der Waals surface area contributed by atoms with Crippen LogP contribution in [0.1, 0.15) is 10.4 Å². The molecule has 2 aromatic rings. The molecule has 20 heavy (non-hydrogen) atoms. The molecule has 0 saturated heterocycles. The van der Waals surface area contributed by atoms with Gasteiger partial charge in [0.05, 0.1) is 5.56 Å². The van der Waals surface area contributed by atoms with Gasteiger partial charge in [-0.05, 0) is 24.3 Å². The highest BCUT2D eigenvalue weighted by Crippen LogP contribution is 2.20. The normalized spacial score (nSPS) is 11.1. The van der Waals surface area contributed by atoms with Crippen LogP contribution in [0.2, 0.25) is 5.15 Å². The number of halogens is 1. The van der Waals surface area contributed by atoms with E-state index in [-0.39, 0.29) is 21.4 Å². The second kappa shape index (κ2) is 5.43. The quantitative estimate of drug-likeness (QED) is 0.830. The van der Waals surface area contributed by atoms with Gasteiger partial charge in [0.15, 0.2) is 0 Å². The lowest BCUT2D eigenvalue weighted by molar-refractivity contribution is 0.0697. The molecule has 0 spiro atoms. The second-order valence-electron chi connectivity index (χ2n) is 3.63. The van der Waals surface area contributed by atoms with E-state index in [2.05, 4.69) is 14.7 Å². The molecule has 0 amide bonds. The van der Waals surface area contributed by atoms with Crippen LogP contribution in [-0.2, 0) is 10.0 Å². The lowest BCUT2D eigenvalue weighted by atomic mass is 10.3. The zero-order valence-corrected chi connectivity index (χ0v) is 11.4. The molecule has 2 rings (SSSR count). The maximum Gasteiger partial charge on any atom is 0.335 e. The molecule has 0 radical (unpaired) electrons. The third kappa shape index (κ3) is 3.03. The van der Waals surface area contributed by atoms with E-state index in [9.17, 15) is 13.2 Å². The summed E-state index contributed by atoms with van der Waals surface area (Å²) < 4.78 is 26.3. The number of nitrogens with zero attached hydrogens (tertiary/aromatic N) is 2. The van der Waals surface area contributed by atoms with Gasteiger partial charge >= 0.3 is 5.97 Å². The smallest absolute Gasteiger partial charge is 0.335 e. The molecule has 7 nitrogen and oxygen atoms in total. The summed E-state index contributed by atoms with van der Waals surface area (Å²) in [5, 5.41) is 8.65. The summed E-state index contributed by atoms with van der Waals surface area (Å²) in [6, 6.07) is 5.04. The molecular formula is C11H8ClN3O4S. The van der Waals surface area contributed by atoms with Crippen LogP contribution in [0.4, 0.5) is 5.82 Å². The van der Waals surface area contributed by atoms with Crippen molar-refractivity contribution in [3.63, 3.8) is 0 Å². The van der Waals surface area contributed by atoms with Crippen molar-refractivity contribution in [2.24, 2.45) is 0 Å². The van der Waals surface area contributed by atoms with Crippen LogP contribution in [0.5, 0.6) is 0 Å². The van der Waals surface area contributed by atoms with Crippen molar-refractivity contribution >= 4 is 33.4 Å². The van der Waals surface area contributed by atoms with Crippen LogP contribution in [0.25, 0.3) is 0 Å². The van der Waals surface area contributed by atoms with Gasteiger partial charge in [-0.2, -0.15) is 0 Å². The molecule has 0 aliphatic rings. The zero-order valence-electron chi connectivity index (χ0n) is 9.82. The van der Waals surface area contributed by atoms with E-state index in [0.29, 0.717) is 0 Å². The number of hydrogen-bond acceptors (Lipinski definition) is 5. The Kier molecular flexibility index (Phi) is 3.86. The molecule has 0 aromatic carbocycles. The Hall–Kier alpha value is -2.19. The van der Waals surface area contributed by atoms with Crippen molar-refractivity contribution in [2.45, 2.75) is 4.90 Å². The van der Waals surface area contributed by atoms with Gasteiger partial charge in [-0.15, -0.1) is 0 Å². The van der Waals surface area contributed by atoms with Crippen LogP contribution in [-0.4, -0.2) is 29.5 Å². The monoisotopic (exact) mass is 313 g/mol. The minimum Gasteiger partial charge on any atom is -0.478 e. The van der Waals surface area contributed by atoms with Crippen molar-refractivity contribution in [3.8, 4) is 0 Å². The Balaban J connectivity index is 2.36. The summed E-state index contributed by atoms with van der Waals surface area (Å²) in [7, 11) is -3.99. The Morgan fingerprint density at radius 3 is 2.65 bits per heavy atom. The molecule has 0 unspecified atom stereocenters. The third-order valence-corrected chi connectivity index (χ3v) is 4.06. The average molecular weight is 314 g/mol. The van der Waals surface area contributed by atoms with Crippen LogP contribution >= 0.6 is 11.6 Å². The Morgan fingerprint density at radius 2 is 2.00 bits per heavy atom. The van der Waals surface area contributed by atoms with Crippen molar-refractivity contribution in [3.05, 3.63) is 47.4 Å². The highest BCUT2D eigenvalue weighted by molar-refractivity contribution is 7.92. The second-order valence-corrected chi connectivity index (χ2v) is 5.64. The summed E-state index contributed by atoms with van der Waals surface area (Å²) >= 11 is 5.71. The summed E-state index contributed by atoms with van der Waals surface area (Å²) in [5.74, 6) is -1.31. The predicted octanol–water partition coefficient (Wildman–Crippen LogP) is 1.63. The van der Waals surface area contributed by atoms with Crippen LogP contribution in [0.15, 0.2) is 41.6 Å². The first kappa shape index (κ1) is 14.2. The maximum absolute atomic E-state index is 12.1. The molecule has 2 heterocycles. The fraction of sp³-hybridized carbons (Fsp3) is 0. The molecule has 0 bridgehead atoms. The molecule has 2 aromatic heterocycles. The number of carbonyl (C=O) groups is 1. The van der Waals surface area contributed by atoms with Crippen LogP contribution in [0.3, 0.4) is 0 Å². The van der Waals surface area contributed by atoms with E-state index in [1.54, 1.807) is 0 Å². The van der Waals surface area contributed by atoms with Gasteiger partial charge in [0.25, 0.3) is 10.0 Å². The first-order valence-corrected chi connectivity index (χ1v) is 7.09. The molecule has 0 fully saturated rings. The highest BCUT2D eigenvalue weighted by Gasteiger charge is 2.19. The molecule has 2 N–H and O–H groups in total. The number of rotatable bonds is 4. The van der Waals surface area contributed by atoms with E-state index in [0.717, 1.165) is 6.07 Å². The van der Waals surface area contributed by atoms with Crippen molar-refractivity contribution in [1.82, 2.24) is 9.97 Å². The van der Waals surface area contributed by atoms with Crippen LogP contribution in [0, 0.1) is 0 Å². The Morgan fingerprint density at radius 1 is 1.25 bits per heavy atom. The van der Waals surface area contributed by atoms with Crippen molar-refractivity contribution < 1.29 is 18.3 Å². The fourth-order valence-electron chi connectivity index (χ4n) is 1.38. The van der Waals surface area contributed by atoms with E-state index in [4.69, 9.17) is 16.7 Å². The number of carboxylic acids is 1. The molecule has 0 saturated carbocycles. The van der Waals surface area contributed by atoms with E-state index in [1.807, 2.05) is 0 Å². The van der Waals surface area contributed by atoms with Gasteiger partial charge in [0.2, 0.25) is 0 Å². The number of carboxylic acid groups (broad SMARTS) is 1. The van der Waals surface area contributed by atoms with Gasteiger partial charge < -0.3 is 5.11 Å². The van der Waals surface area contributed by atoms with E-state index in [1.165, 1.54) is 30.6 Å². The fourth-order valence-corrected chi connectivity index (χ4v) is 2.84. The number of nitrogens with one attached hydrogen (secondary N) is 1. The highest BCUT2D eigenvalue weighted by atomic mass is 35.5. The number of hydrogen-bond donors (Lipinski definition) is 2. The van der Waals surface area contributed by atoms with E-state index < -0.39 is 16.0 Å². The van der Waals surface area contributed by atoms with Gasteiger partial charge in [0, 0.05) is 12.4 Å². The first-order valence-electron chi connectivity index (χ1n) is 5.23. The molecular weight excluding hydrogens is 306 g/mol. The van der Waals surface area contributed by atoms with Gasteiger partial charge in [-0.25, -0.2) is 23.2 Å². The largest absolute Gasteiger partial charge is 0.478 e. The SMILES string of the molecule is O=C(O)c1ccnc(NS(=O)(=O)c2cccnc2Cl)c1. The number of pyridine rings is 2. The van der Waals surface area contributed by atoms with Gasteiger partial charge in [-0.3, -0.25) is 4.72 Å². The lowest BCUT2D eigenvalue weighted by Gasteiger charge is -2.08. The Bertz CT molecular complexity index is 764. The maximum atomic E-state index is 12.1. The standard InChI is InChI=1S/C11H8ClN3O4S/c12-10-8(2-1-4-14-10)20(18,19)15-9-6-7(11(16)17)3-5-13-9/h1-6H,(H,13,15)(H,16,17). The number of anilines is 1. The molecule has 0 aliphatic heterocycles. The van der Waals surface area contributed by atoms with Crippen molar-refractivity contribution in [1.29, 1.82) is 0 Å². The first-order chi connectivity index (χ1) is 9.40. The Labute approximate surface area is 119 Å². The topological polar surface area (TPSA) is 109 Å². The third-order valence-electron chi connectivity index (χ3n) is 2.26. The van der Waals surface area contributed by atoms with Gasteiger partial charge in [0.1, 0.15) is 15.9 Å². The summed E-state index contributed by atoms with van der Waals surface area (Å²) in [5.41, 5.74) is -0.0880. The zero-order chi connectivity index (χ0) is 14.8. The van der Waals surface area contributed by atoms with E-state index >= 15 is 0 Å². The minimum absolute atomic E-state index is 0.0880. The molecule has 0 aliphatic carbocycles. The summed E-state index contributed by atoms with van der Waals surface area (Å²) in [4.78, 5) is 18.0. The molecule has 9 heteroatoms. The van der Waals surface area contributed by atoms with Gasteiger partial charge in [-0.1, -0.05) is 11.6 Å². The lowest BCUT2D eigenvalue weighted by Crippen LogP contribution is -2.15. The number of sulfonamides is 1. The minimum atomic E-state index is -3.99. The molecule has 0 atom stereocenters. The summed E-state index contributed by atoms with van der Waals surface area (Å²) in [6.07, 6.45) is 2.54. The molecule has 104 valence electrons. The summed E-state index contributed by atoms with van der Waals surface area (Å²) in [6.45, 7) is 0. The van der Waals surface area contributed by atoms with Crippen molar-refractivity contribution in [2.75, 3.05) is 4.72 Å². The number of aromatic carboxylic acids is 1. The van der Waals surface area contributed by atoms with Crippen LogP contribution < -0.4 is 4.72 Å². The average Bonchev–Trinajstić information content (AvgIpc) is 2.38. The number of aromatic nitrogens is 2.